The number of hydrogen-bond acceptors (Lipinski definition) is 6. The van der Waals surface area contributed by atoms with Crippen molar-refractivity contribution >= 4 is 22.9 Å². The van der Waals surface area contributed by atoms with E-state index in [0.29, 0.717) is 28.4 Å². The number of fused-ring (bicyclic) bond motifs is 2. The molecule has 1 amide bonds. The average molecular weight is 394 g/mol. The van der Waals surface area contributed by atoms with Crippen molar-refractivity contribution in [2.24, 2.45) is 0 Å². The Morgan fingerprint density at radius 3 is 2.96 bits per heavy atom. The fourth-order valence-electron chi connectivity index (χ4n) is 3.00. The lowest BCUT2D eigenvalue weighted by Crippen LogP contribution is -2.25. The van der Waals surface area contributed by atoms with Gasteiger partial charge in [0.15, 0.2) is 17.1 Å². The molecule has 0 saturated carbocycles. The molecule has 4 heterocycles. The third-order valence-electron chi connectivity index (χ3n) is 4.35. The molecule has 1 aliphatic heterocycles. The van der Waals surface area contributed by atoms with E-state index in [1.807, 2.05) is 23.6 Å². The second-order valence-corrected chi connectivity index (χ2v) is 7.12. The first-order chi connectivity index (χ1) is 13.7. The standard InChI is InChI=1S/C19H14N4O4S/c24-18-7-12(21-17-8-13(22-23(17)18)16-2-1-5-28-16)9-20-19(25)11-3-4-14-15(6-11)27-10-26-14/h1-8,22H,9-10H2,(H,20,25). The number of nitrogens with zero attached hydrogens (tertiary/aromatic N) is 2. The number of hydrogen-bond donors (Lipinski definition) is 2. The lowest BCUT2D eigenvalue weighted by Gasteiger charge is -2.06. The van der Waals surface area contributed by atoms with Gasteiger partial charge in [0.05, 0.1) is 22.8 Å². The number of rotatable bonds is 4. The Bertz CT molecular complexity index is 1240. The van der Waals surface area contributed by atoms with Crippen molar-refractivity contribution in [3.05, 3.63) is 69.5 Å². The molecule has 9 heteroatoms. The van der Waals surface area contributed by atoms with Crippen LogP contribution in [0.2, 0.25) is 0 Å². The largest absolute Gasteiger partial charge is 0.454 e. The van der Waals surface area contributed by atoms with E-state index >= 15 is 0 Å². The van der Waals surface area contributed by atoms with Crippen molar-refractivity contribution < 1.29 is 14.3 Å². The first kappa shape index (κ1) is 16.6. The monoisotopic (exact) mass is 394 g/mol. The van der Waals surface area contributed by atoms with E-state index in [9.17, 15) is 9.59 Å². The van der Waals surface area contributed by atoms with Gasteiger partial charge in [0.2, 0.25) is 6.79 Å². The fraction of sp³-hybridized carbons (Fsp3) is 0.105. The highest BCUT2D eigenvalue weighted by atomic mass is 32.1. The number of benzene rings is 1. The molecule has 140 valence electrons. The predicted molar refractivity (Wildman–Crippen MR) is 103 cm³/mol. The summed E-state index contributed by atoms with van der Waals surface area (Å²) in [5.41, 5.74) is 2.02. The van der Waals surface area contributed by atoms with Crippen LogP contribution in [0.25, 0.3) is 16.2 Å². The number of carbonyl (C=O) groups is 1. The van der Waals surface area contributed by atoms with Gasteiger partial charge in [0.25, 0.3) is 11.5 Å². The molecule has 28 heavy (non-hydrogen) atoms. The first-order valence-electron chi connectivity index (χ1n) is 8.51. The molecule has 0 bridgehead atoms. The lowest BCUT2D eigenvalue weighted by atomic mass is 10.2. The summed E-state index contributed by atoms with van der Waals surface area (Å²) >= 11 is 1.57. The Hall–Kier alpha value is -3.59. The molecule has 2 N–H and O–H groups in total. The number of nitrogens with one attached hydrogen (secondary N) is 2. The number of thiophene rings is 1. The fourth-order valence-corrected chi connectivity index (χ4v) is 3.69. The van der Waals surface area contributed by atoms with Crippen molar-refractivity contribution in [2.45, 2.75) is 6.54 Å². The average Bonchev–Trinajstić information content (AvgIpc) is 3.45. The maximum atomic E-state index is 12.4. The minimum absolute atomic E-state index is 0.137. The van der Waals surface area contributed by atoms with Crippen molar-refractivity contribution in [3.63, 3.8) is 0 Å². The molecule has 0 atom stereocenters. The van der Waals surface area contributed by atoms with Gasteiger partial charge in [-0.1, -0.05) is 6.07 Å². The van der Waals surface area contributed by atoms with Gasteiger partial charge in [0.1, 0.15) is 0 Å². The molecule has 1 aromatic carbocycles. The van der Waals surface area contributed by atoms with Crippen LogP contribution < -0.4 is 20.3 Å². The van der Waals surface area contributed by atoms with Gasteiger partial charge in [-0.15, -0.1) is 11.3 Å². The molecule has 4 aromatic rings. The van der Waals surface area contributed by atoms with Gasteiger partial charge in [-0.2, -0.15) is 0 Å². The number of H-pyrrole nitrogens is 1. The van der Waals surface area contributed by atoms with Crippen LogP contribution in [0.15, 0.2) is 52.6 Å². The summed E-state index contributed by atoms with van der Waals surface area (Å²) in [6, 6.07) is 12.1. The summed E-state index contributed by atoms with van der Waals surface area (Å²) in [4.78, 5) is 30.3. The van der Waals surface area contributed by atoms with Gasteiger partial charge >= 0.3 is 0 Å². The molecule has 3 aromatic heterocycles. The number of ether oxygens (including phenoxy) is 2. The van der Waals surface area contributed by atoms with E-state index in [4.69, 9.17) is 9.47 Å². The SMILES string of the molecule is O=C(NCc1cc(=O)n2[nH]c(-c3cccs3)cc2n1)c1ccc2c(c1)OCO2. The van der Waals surface area contributed by atoms with Crippen molar-refractivity contribution in [3.8, 4) is 22.1 Å². The zero-order valence-corrected chi connectivity index (χ0v) is 15.3. The maximum Gasteiger partial charge on any atom is 0.272 e. The molecule has 0 saturated heterocycles. The number of amides is 1. The lowest BCUT2D eigenvalue weighted by molar-refractivity contribution is 0.0950. The highest BCUT2D eigenvalue weighted by molar-refractivity contribution is 7.13. The molecular formula is C19H14N4O4S. The summed E-state index contributed by atoms with van der Waals surface area (Å²) < 4.78 is 11.9. The number of carbonyl (C=O) groups excluding carboxylic acids is 1. The maximum absolute atomic E-state index is 12.4. The normalized spacial score (nSPS) is 12.4. The summed E-state index contributed by atoms with van der Waals surface area (Å²) in [7, 11) is 0. The Morgan fingerprint density at radius 1 is 1.21 bits per heavy atom. The van der Waals surface area contributed by atoms with Crippen LogP contribution in [-0.2, 0) is 6.54 Å². The molecule has 0 fully saturated rings. The van der Waals surface area contributed by atoms with Crippen molar-refractivity contribution in [2.75, 3.05) is 6.79 Å². The third-order valence-corrected chi connectivity index (χ3v) is 5.26. The van der Waals surface area contributed by atoms with Gasteiger partial charge in [0, 0.05) is 17.7 Å². The highest BCUT2D eigenvalue weighted by Gasteiger charge is 2.16. The van der Waals surface area contributed by atoms with Crippen molar-refractivity contribution in [1.82, 2.24) is 19.9 Å². The van der Waals surface area contributed by atoms with E-state index in [1.54, 1.807) is 29.5 Å². The molecule has 0 radical (unpaired) electrons. The summed E-state index contributed by atoms with van der Waals surface area (Å²) in [6.07, 6.45) is 0. The molecule has 8 nitrogen and oxygen atoms in total. The summed E-state index contributed by atoms with van der Waals surface area (Å²) in [5, 5.41) is 7.79. The van der Waals surface area contributed by atoms with E-state index in [2.05, 4.69) is 15.4 Å². The minimum Gasteiger partial charge on any atom is -0.454 e. The quantitative estimate of drug-likeness (QED) is 0.554. The van der Waals surface area contributed by atoms with Crippen LogP contribution in [-0.4, -0.2) is 27.3 Å². The molecule has 1 aliphatic rings. The zero-order valence-electron chi connectivity index (χ0n) is 14.5. The van der Waals surface area contributed by atoms with E-state index in [0.717, 1.165) is 10.6 Å². The van der Waals surface area contributed by atoms with Crippen LogP contribution in [0.5, 0.6) is 11.5 Å². The van der Waals surface area contributed by atoms with Gasteiger partial charge < -0.3 is 14.8 Å². The third kappa shape index (κ3) is 2.91. The first-order valence-corrected chi connectivity index (χ1v) is 9.39. The number of aromatic amines is 1. The Labute approximate surface area is 162 Å². The van der Waals surface area contributed by atoms with Crippen LogP contribution in [0.3, 0.4) is 0 Å². The zero-order chi connectivity index (χ0) is 19.1. The highest BCUT2D eigenvalue weighted by Crippen LogP contribution is 2.32. The number of aromatic nitrogens is 3. The Morgan fingerprint density at radius 2 is 2.11 bits per heavy atom. The Balaban J connectivity index is 1.36. The van der Waals surface area contributed by atoms with E-state index in [1.165, 1.54) is 10.6 Å². The van der Waals surface area contributed by atoms with Gasteiger partial charge in [-0.05, 0) is 29.6 Å². The van der Waals surface area contributed by atoms with Gasteiger partial charge in [-0.3, -0.25) is 14.7 Å². The van der Waals surface area contributed by atoms with Crippen molar-refractivity contribution in [1.29, 1.82) is 0 Å². The summed E-state index contributed by atoms with van der Waals surface area (Å²) in [6.45, 7) is 0.289. The van der Waals surface area contributed by atoms with Crippen LogP contribution in [0.1, 0.15) is 16.1 Å². The predicted octanol–water partition coefficient (Wildman–Crippen LogP) is 2.41. The molecule has 5 rings (SSSR count). The minimum atomic E-state index is -0.284. The molecule has 0 aliphatic carbocycles. The van der Waals surface area contributed by atoms with E-state index < -0.39 is 0 Å². The van der Waals surface area contributed by atoms with Gasteiger partial charge in [-0.25, -0.2) is 9.50 Å². The molecule has 0 unspecified atom stereocenters. The van der Waals surface area contributed by atoms with Crippen LogP contribution in [0.4, 0.5) is 0 Å². The van der Waals surface area contributed by atoms with Crippen LogP contribution in [0, 0.1) is 0 Å². The molecular weight excluding hydrogens is 380 g/mol. The smallest absolute Gasteiger partial charge is 0.272 e. The molecule has 0 spiro atoms. The second kappa shape index (κ2) is 6.54. The second-order valence-electron chi connectivity index (χ2n) is 6.18. The topological polar surface area (TPSA) is 97.7 Å². The van der Waals surface area contributed by atoms with Crippen LogP contribution >= 0.6 is 11.3 Å². The van der Waals surface area contributed by atoms with E-state index in [-0.39, 0.29) is 24.8 Å². The Kier molecular flexibility index (Phi) is 3.87. The summed E-state index contributed by atoms with van der Waals surface area (Å²) in [5.74, 6) is 0.873.